The number of aromatic amines is 1. The molecule has 1 amide bonds. The van der Waals surface area contributed by atoms with E-state index in [1.54, 1.807) is 14.0 Å². The Labute approximate surface area is 170 Å². The maximum absolute atomic E-state index is 12.4. The molecular weight excluding hydrogens is 364 g/mol. The van der Waals surface area contributed by atoms with Crippen LogP contribution in [0, 0.1) is 6.92 Å². The van der Waals surface area contributed by atoms with Crippen molar-refractivity contribution in [2.75, 3.05) is 17.3 Å². The van der Waals surface area contributed by atoms with Crippen LogP contribution in [0.1, 0.15) is 37.4 Å². The summed E-state index contributed by atoms with van der Waals surface area (Å²) in [5.74, 6) is 0.870. The summed E-state index contributed by atoms with van der Waals surface area (Å²) in [5.41, 5.74) is 6.02. The predicted molar refractivity (Wildman–Crippen MR) is 115 cm³/mol. The highest BCUT2D eigenvalue weighted by Gasteiger charge is 2.33. The van der Waals surface area contributed by atoms with Crippen molar-refractivity contribution in [2.45, 2.75) is 39.3 Å². The number of methoxy groups -OCH3 is 1. The largest absolute Gasteiger partial charge is 0.495 e. The van der Waals surface area contributed by atoms with Gasteiger partial charge in [0.15, 0.2) is 0 Å². The number of carbonyl (C=O) groups is 1. The zero-order chi connectivity index (χ0) is 20.5. The van der Waals surface area contributed by atoms with E-state index in [0.717, 1.165) is 45.9 Å². The minimum absolute atomic E-state index is 0.0473. The number of hydrogen-bond donors (Lipinski definition) is 2. The number of H-pyrrole nitrogens is 1. The molecule has 0 unspecified atom stereocenters. The lowest BCUT2D eigenvalue weighted by molar-refractivity contribution is -0.117. The van der Waals surface area contributed by atoms with Crippen molar-refractivity contribution in [2.24, 2.45) is 0 Å². The van der Waals surface area contributed by atoms with Gasteiger partial charge in [0.05, 0.1) is 24.5 Å². The lowest BCUT2D eigenvalue weighted by Gasteiger charge is -2.40. The first kappa shape index (κ1) is 19.1. The quantitative estimate of drug-likeness (QED) is 0.678. The van der Waals surface area contributed by atoms with Gasteiger partial charge in [-0.1, -0.05) is 12.1 Å². The van der Waals surface area contributed by atoms with Gasteiger partial charge in [0, 0.05) is 30.4 Å². The van der Waals surface area contributed by atoms with Gasteiger partial charge in [-0.2, -0.15) is 5.10 Å². The molecule has 0 bridgehead atoms. The first-order chi connectivity index (χ1) is 14.0. The average Bonchev–Trinajstić information content (AvgIpc) is 3.23. The van der Waals surface area contributed by atoms with E-state index in [1.807, 2.05) is 48.4 Å². The van der Waals surface area contributed by atoms with Crippen LogP contribution >= 0.6 is 0 Å². The van der Waals surface area contributed by atoms with Crippen LogP contribution in [0.15, 0.2) is 48.7 Å². The molecule has 2 heterocycles. The molecule has 0 saturated heterocycles. The van der Waals surface area contributed by atoms with Gasteiger partial charge in [0.2, 0.25) is 5.91 Å². The number of nitrogens with one attached hydrogen (secondary N) is 2. The molecule has 2 N–H and O–H groups in total. The number of ether oxygens (including phenoxy) is 1. The number of aromatic nitrogens is 2. The Morgan fingerprint density at radius 3 is 2.76 bits per heavy atom. The number of rotatable bonds is 4. The van der Waals surface area contributed by atoms with Crippen molar-refractivity contribution in [3.05, 3.63) is 59.8 Å². The molecule has 0 saturated carbocycles. The van der Waals surface area contributed by atoms with E-state index in [1.165, 1.54) is 0 Å². The van der Waals surface area contributed by atoms with Gasteiger partial charge in [-0.15, -0.1) is 0 Å². The summed E-state index contributed by atoms with van der Waals surface area (Å²) < 4.78 is 5.58. The van der Waals surface area contributed by atoms with Gasteiger partial charge >= 0.3 is 0 Å². The van der Waals surface area contributed by atoms with Gasteiger partial charge in [-0.05, 0) is 61.7 Å². The second-order valence-electron chi connectivity index (χ2n) is 7.61. The maximum atomic E-state index is 12.4. The van der Waals surface area contributed by atoms with E-state index >= 15 is 0 Å². The smallest absolute Gasteiger partial charge is 0.224 e. The third kappa shape index (κ3) is 3.58. The number of hydrogen-bond acceptors (Lipinski definition) is 4. The highest BCUT2D eigenvalue weighted by molar-refractivity contribution is 5.94. The lowest BCUT2D eigenvalue weighted by Crippen LogP contribution is -2.43. The summed E-state index contributed by atoms with van der Waals surface area (Å²) >= 11 is 0. The Bertz CT molecular complexity index is 1030. The number of fused-ring (bicyclic) bond motifs is 1. The van der Waals surface area contributed by atoms with Crippen molar-refractivity contribution in [3.8, 4) is 17.0 Å². The van der Waals surface area contributed by atoms with Gasteiger partial charge in [0.1, 0.15) is 5.75 Å². The number of nitrogens with zero attached hydrogens (tertiary/aromatic N) is 2. The fourth-order valence-electron chi connectivity index (χ4n) is 4.17. The molecule has 6 nitrogen and oxygen atoms in total. The van der Waals surface area contributed by atoms with Crippen molar-refractivity contribution >= 4 is 17.3 Å². The molecule has 2 aromatic carbocycles. The van der Waals surface area contributed by atoms with Gasteiger partial charge in [0.25, 0.3) is 0 Å². The van der Waals surface area contributed by atoms with E-state index in [0.29, 0.717) is 0 Å². The van der Waals surface area contributed by atoms with Crippen molar-refractivity contribution in [3.63, 3.8) is 0 Å². The van der Waals surface area contributed by atoms with E-state index in [9.17, 15) is 4.79 Å². The molecule has 150 valence electrons. The Morgan fingerprint density at radius 2 is 2.07 bits per heavy atom. The predicted octanol–water partition coefficient (Wildman–Crippen LogP) is 4.69. The van der Waals surface area contributed by atoms with Crippen molar-refractivity contribution < 1.29 is 9.53 Å². The monoisotopic (exact) mass is 390 g/mol. The van der Waals surface area contributed by atoms with Crippen LogP contribution in [0.5, 0.6) is 5.75 Å². The summed E-state index contributed by atoms with van der Waals surface area (Å²) in [6.07, 6.45) is 2.61. The topological polar surface area (TPSA) is 70.2 Å². The van der Waals surface area contributed by atoms with E-state index in [4.69, 9.17) is 4.74 Å². The number of aryl methyl sites for hydroxylation is 1. The fourth-order valence-corrected chi connectivity index (χ4v) is 4.17. The van der Waals surface area contributed by atoms with Crippen molar-refractivity contribution in [1.29, 1.82) is 0 Å². The standard InChI is InChI=1S/C23H26N4O2/c1-14-5-7-20(23(11-14)29-4)25-21-12-15(2)27(16(3)28)22-8-6-17(13-18(21)22)19-9-10-24-26-19/h5-11,13,15,21,25H,12H2,1-4H3,(H,24,26)/t15-,21+/m0/s1. The molecule has 0 aliphatic carbocycles. The first-order valence-corrected chi connectivity index (χ1v) is 9.83. The van der Waals surface area contributed by atoms with E-state index < -0.39 is 0 Å². The lowest BCUT2D eigenvalue weighted by atomic mass is 9.89. The molecule has 1 aliphatic heterocycles. The minimum Gasteiger partial charge on any atom is -0.495 e. The van der Waals surface area contributed by atoms with Crippen LogP contribution in [0.2, 0.25) is 0 Å². The summed E-state index contributed by atoms with van der Waals surface area (Å²) in [6.45, 7) is 5.76. The molecule has 2 atom stereocenters. The number of carbonyl (C=O) groups excluding carboxylic acids is 1. The van der Waals surface area contributed by atoms with Gasteiger partial charge in [-0.3, -0.25) is 9.89 Å². The number of benzene rings is 2. The van der Waals surface area contributed by atoms with Gasteiger partial charge < -0.3 is 15.0 Å². The zero-order valence-corrected chi connectivity index (χ0v) is 17.2. The number of amides is 1. The normalized spacial score (nSPS) is 18.3. The third-order valence-electron chi connectivity index (χ3n) is 5.50. The van der Waals surface area contributed by atoms with Crippen LogP contribution in [0.4, 0.5) is 11.4 Å². The number of anilines is 2. The average molecular weight is 390 g/mol. The van der Waals surface area contributed by atoms with Crippen LogP contribution < -0.4 is 15.0 Å². The molecule has 0 spiro atoms. The van der Waals surface area contributed by atoms with Gasteiger partial charge in [-0.25, -0.2) is 0 Å². The zero-order valence-electron chi connectivity index (χ0n) is 17.2. The summed E-state index contributed by atoms with van der Waals surface area (Å²) in [5, 5.41) is 10.8. The Hall–Kier alpha value is -3.28. The molecule has 0 radical (unpaired) electrons. The molecule has 6 heteroatoms. The minimum atomic E-state index is 0.0473. The molecule has 1 aliphatic rings. The maximum Gasteiger partial charge on any atom is 0.224 e. The second-order valence-corrected chi connectivity index (χ2v) is 7.61. The molecule has 0 fully saturated rings. The van der Waals surface area contributed by atoms with Crippen LogP contribution in [0.25, 0.3) is 11.3 Å². The summed E-state index contributed by atoms with van der Waals surface area (Å²) in [7, 11) is 1.69. The molecule has 1 aromatic heterocycles. The fraction of sp³-hybridized carbons (Fsp3) is 0.304. The van der Waals surface area contributed by atoms with Crippen molar-refractivity contribution in [1.82, 2.24) is 10.2 Å². The highest BCUT2D eigenvalue weighted by Crippen LogP contribution is 2.42. The van der Waals surface area contributed by atoms with E-state index in [2.05, 4.69) is 34.6 Å². The Morgan fingerprint density at radius 1 is 1.24 bits per heavy atom. The van der Waals surface area contributed by atoms with Crippen LogP contribution in [-0.2, 0) is 4.79 Å². The first-order valence-electron chi connectivity index (χ1n) is 9.83. The summed E-state index contributed by atoms with van der Waals surface area (Å²) in [6, 6.07) is 14.4. The highest BCUT2D eigenvalue weighted by atomic mass is 16.5. The molecule has 29 heavy (non-hydrogen) atoms. The Balaban J connectivity index is 1.78. The second kappa shape index (κ2) is 7.62. The summed E-state index contributed by atoms with van der Waals surface area (Å²) in [4.78, 5) is 14.2. The van der Waals surface area contributed by atoms with E-state index in [-0.39, 0.29) is 18.0 Å². The molecule has 3 aromatic rings. The molecular formula is C23H26N4O2. The van der Waals surface area contributed by atoms with Crippen LogP contribution in [0.3, 0.4) is 0 Å². The Kier molecular flexibility index (Phi) is 5.01. The third-order valence-corrected chi connectivity index (χ3v) is 5.50. The van der Waals surface area contributed by atoms with Crippen LogP contribution in [-0.4, -0.2) is 29.3 Å². The molecule has 4 rings (SSSR count). The SMILES string of the molecule is COc1cc(C)ccc1N[C@@H]1C[C@H](C)N(C(C)=O)c2ccc(-c3cc[nH]n3)cc21.